The van der Waals surface area contributed by atoms with Gasteiger partial charge in [0.15, 0.2) is 0 Å². The molecule has 2 aliphatic rings. The fraction of sp³-hybridized carbons (Fsp3) is 1.00. The number of sulfone groups is 1. The van der Waals surface area contributed by atoms with Crippen LogP contribution in [0.5, 0.6) is 0 Å². The average Bonchev–Trinajstić information content (AvgIpc) is 2.70. The molecule has 1 unspecified atom stereocenters. The van der Waals surface area contributed by atoms with Gasteiger partial charge in [0.05, 0.1) is 13.3 Å². The Balaban J connectivity index is 2.53. The minimum Gasteiger partial charge on any atom is -0.219 e. The molecule has 0 aromatic rings. The number of hydrogen-bond donors (Lipinski definition) is 0. The fourth-order valence-electron chi connectivity index (χ4n) is 4.06. The second-order valence-corrected chi connectivity index (χ2v) is 14.2. The second kappa shape index (κ2) is 3.74. The molecule has 18 heavy (non-hydrogen) atoms. The fourth-order valence-corrected chi connectivity index (χ4v) is 10.4. The van der Waals surface area contributed by atoms with Crippen LogP contribution in [0.15, 0.2) is 0 Å². The van der Waals surface area contributed by atoms with E-state index in [2.05, 4.69) is 0 Å². The SMILES string of the molecule is C[Si](C)(C)C12CCC(CC1)C2S(=O)(=O)C(F)(F)F. The summed E-state index contributed by atoms with van der Waals surface area (Å²) in [6.07, 6.45) is 2.61. The van der Waals surface area contributed by atoms with Crippen molar-refractivity contribution in [1.82, 2.24) is 0 Å². The Morgan fingerprint density at radius 2 is 1.56 bits per heavy atom. The van der Waals surface area contributed by atoms with Gasteiger partial charge in [0.1, 0.15) is 0 Å². The predicted molar refractivity (Wildman–Crippen MR) is 66.8 cm³/mol. The van der Waals surface area contributed by atoms with Crippen LogP contribution in [0, 0.1) is 5.92 Å². The van der Waals surface area contributed by atoms with E-state index in [1.54, 1.807) is 0 Å². The summed E-state index contributed by atoms with van der Waals surface area (Å²) < 4.78 is 62.3. The highest BCUT2D eigenvalue weighted by atomic mass is 32.2. The summed E-state index contributed by atoms with van der Waals surface area (Å²) in [4.78, 5) is 0. The molecule has 0 aliphatic heterocycles. The molecule has 7 heteroatoms. The van der Waals surface area contributed by atoms with Gasteiger partial charge in [0, 0.05) is 0 Å². The first-order valence-electron chi connectivity index (χ1n) is 6.24. The number of halogens is 3. The van der Waals surface area contributed by atoms with Gasteiger partial charge in [-0.2, -0.15) is 13.2 Å². The highest BCUT2D eigenvalue weighted by Crippen LogP contribution is 2.67. The monoisotopic (exact) mass is 300 g/mol. The number of fused-ring (bicyclic) bond motifs is 2. The van der Waals surface area contributed by atoms with Crippen LogP contribution in [-0.4, -0.2) is 27.2 Å². The van der Waals surface area contributed by atoms with Crippen LogP contribution in [0.1, 0.15) is 25.7 Å². The first-order chi connectivity index (χ1) is 7.93. The van der Waals surface area contributed by atoms with Crippen molar-refractivity contribution in [2.24, 2.45) is 5.92 Å². The highest BCUT2D eigenvalue weighted by Gasteiger charge is 2.68. The molecule has 106 valence electrons. The van der Waals surface area contributed by atoms with Gasteiger partial charge < -0.3 is 0 Å². The van der Waals surface area contributed by atoms with Crippen LogP contribution in [0.25, 0.3) is 0 Å². The molecule has 1 atom stereocenters. The van der Waals surface area contributed by atoms with Crippen molar-refractivity contribution < 1.29 is 21.6 Å². The first kappa shape index (κ1) is 14.4. The van der Waals surface area contributed by atoms with Crippen molar-refractivity contribution in [3.8, 4) is 0 Å². The summed E-state index contributed by atoms with van der Waals surface area (Å²) in [5.41, 5.74) is -5.10. The smallest absolute Gasteiger partial charge is 0.219 e. The van der Waals surface area contributed by atoms with Crippen LogP contribution in [0.3, 0.4) is 0 Å². The van der Waals surface area contributed by atoms with Crippen molar-refractivity contribution in [2.75, 3.05) is 0 Å². The largest absolute Gasteiger partial charge is 0.497 e. The Morgan fingerprint density at radius 3 is 1.89 bits per heavy atom. The van der Waals surface area contributed by atoms with Gasteiger partial charge in [-0.25, -0.2) is 8.42 Å². The Bertz CT molecular complexity index is 442. The Hall–Kier alpha value is -0.0431. The standard InChI is InChI=1S/C11H19F3O2SSi/c1-18(2,3)10-6-4-8(5-7-10)9(10)17(15,16)11(12,13)14/h8-9H,4-7H2,1-3H3. The lowest BCUT2D eigenvalue weighted by molar-refractivity contribution is -0.0448. The lowest BCUT2D eigenvalue weighted by Gasteiger charge is -2.42. The predicted octanol–water partition coefficient (Wildman–Crippen LogP) is 3.57. The summed E-state index contributed by atoms with van der Waals surface area (Å²) in [6.45, 7) is 6.00. The first-order valence-corrected chi connectivity index (χ1v) is 11.3. The van der Waals surface area contributed by atoms with Crippen molar-refractivity contribution >= 4 is 17.9 Å². The molecule has 0 aromatic heterocycles. The molecule has 0 radical (unpaired) electrons. The van der Waals surface area contributed by atoms with E-state index in [1.807, 2.05) is 19.6 Å². The maximum absolute atomic E-state index is 12.8. The van der Waals surface area contributed by atoms with Gasteiger partial charge >= 0.3 is 5.51 Å². The molecule has 2 rings (SSSR count). The van der Waals surface area contributed by atoms with E-state index in [1.165, 1.54) is 0 Å². The zero-order chi connectivity index (χ0) is 14.0. The third-order valence-corrected chi connectivity index (χ3v) is 11.2. The molecule has 2 fully saturated rings. The molecule has 2 bridgehead atoms. The van der Waals surface area contributed by atoms with Gasteiger partial charge in [-0.3, -0.25) is 0 Å². The Labute approximate surface area is 107 Å². The van der Waals surface area contributed by atoms with Gasteiger partial charge in [0.2, 0.25) is 0 Å². The van der Waals surface area contributed by atoms with Gasteiger partial charge in [-0.15, -0.1) is 0 Å². The lowest BCUT2D eigenvalue weighted by atomic mass is 10.0. The number of alkyl halides is 3. The molecule has 0 aromatic carbocycles. The lowest BCUT2D eigenvalue weighted by Crippen LogP contribution is -2.49. The molecule has 2 saturated carbocycles. The highest BCUT2D eigenvalue weighted by molar-refractivity contribution is 7.93. The maximum atomic E-state index is 12.8. The van der Waals surface area contributed by atoms with E-state index in [-0.39, 0.29) is 5.92 Å². The quantitative estimate of drug-likeness (QED) is 0.731. The van der Waals surface area contributed by atoms with E-state index in [4.69, 9.17) is 0 Å². The van der Waals surface area contributed by atoms with E-state index < -0.39 is 33.7 Å². The number of rotatable bonds is 2. The molecular weight excluding hydrogens is 281 g/mol. The maximum Gasteiger partial charge on any atom is 0.497 e. The van der Waals surface area contributed by atoms with E-state index in [0.717, 1.165) is 0 Å². The van der Waals surface area contributed by atoms with Crippen LogP contribution in [-0.2, 0) is 9.84 Å². The van der Waals surface area contributed by atoms with Gasteiger partial charge in [0.25, 0.3) is 9.84 Å². The summed E-state index contributed by atoms with van der Waals surface area (Å²) in [5, 5.41) is -1.73. The Kier molecular flexibility index (Phi) is 2.99. The van der Waals surface area contributed by atoms with E-state index in [0.29, 0.717) is 25.7 Å². The normalized spacial score (nSPS) is 37.2. The zero-order valence-electron chi connectivity index (χ0n) is 10.8. The van der Waals surface area contributed by atoms with Gasteiger partial charge in [-0.1, -0.05) is 19.6 Å². The third kappa shape index (κ3) is 1.69. The molecule has 0 amide bonds. The minimum absolute atomic E-state index is 0.275. The van der Waals surface area contributed by atoms with Crippen LogP contribution >= 0.6 is 0 Å². The molecule has 0 heterocycles. The molecular formula is C11H19F3O2SSi. The third-order valence-electron chi connectivity index (χ3n) is 5.05. The van der Waals surface area contributed by atoms with Crippen molar-refractivity contribution in [3.05, 3.63) is 0 Å². The average molecular weight is 300 g/mol. The molecule has 2 nitrogen and oxygen atoms in total. The molecule has 0 spiro atoms. The summed E-state index contributed by atoms with van der Waals surface area (Å²) in [7, 11) is -6.98. The molecule has 2 aliphatic carbocycles. The van der Waals surface area contributed by atoms with E-state index >= 15 is 0 Å². The topological polar surface area (TPSA) is 34.1 Å². The Morgan fingerprint density at radius 1 is 1.11 bits per heavy atom. The van der Waals surface area contributed by atoms with Crippen LogP contribution in [0.4, 0.5) is 13.2 Å². The van der Waals surface area contributed by atoms with Crippen LogP contribution in [0.2, 0.25) is 24.7 Å². The molecule has 0 saturated heterocycles. The van der Waals surface area contributed by atoms with Crippen LogP contribution < -0.4 is 0 Å². The van der Waals surface area contributed by atoms with Crippen molar-refractivity contribution in [3.63, 3.8) is 0 Å². The summed E-state index contributed by atoms with van der Waals surface area (Å²) in [5.74, 6) is -0.275. The minimum atomic E-state index is -5.10. The molecule has 0 N–H and O–H groups in total. The van der Waals surface area contributed by atoms with Crippen molar-refractivity contribution in [2.45, 2.75) is 61.1 Å². The number of hydrogen-bond acceptors (Lipinski definition) is 2. The van der Waals surface area contributed by atoms with Gasteiger partial charge in [-0.05, 0) is 36.6 Å². The summed E-state index contributed by atoms with van der Waals surface area (Å²) in [6, 6.07) is 0. The summed E-state index contributed by atoms with van der Waals surface area (Å²) >= 11 is 0. The van der Waals surface area contributed by atoms with E-state index in [9.17, 15) is 21.6 Å². The zero-order valence-corrected chi connectivity index (χ0v) is 12.7. The second-order valence-electron chi connectivity index (χ2n) is 6.65. The van der Waals surface area contributed by atoms with Crippen molar-refractivity contribution in [1.29, 1.82) is 0 Å².